The number of hydrazone groups is 1. The second kappa shape index (κ2) is 3.87. The summed E-state index contributed by atoms with van der Waals surface area (Å²) in [6.07, 6.45) is 0. The van der Waals surface area contributed by atoms with Crippen molar-refractivity contribution in [3.8, 4) is 0 Å². The Morgan fingerprint density at radius 2 is 1.76 bits per heavy atom. The molecule has 0 fully saturated rings. The van der Waals surface area contributed by atoms with E-state index in [1.807, 2.05) is 32.7 Å². The fraction of sp³-hybridized carbons (Fsp3) is 0.385. The number of hydrogen-bond acceptors (Lipinski definition) is 4. The van der Waals surface area contributed by atoms with Crippen molar-refractivity contribution in [3.05, 3.63) is 35.3 Å². The molecule has 1 aromatic rings. The number of nitrogens with zero attached hydrogens (tertiary/aromatic N) is 4. The van der Waals surface area contributed by atoms with Gasteiger partial charge < -0.3 is 4.90 Å². The monoisotopic (exact) mass is 230 g/mol. The molecular formula is C13H18N4. The predicted octanol–water partition coefficient (Wildman–Crippen LogP) is 2.56. The van der Waals surface area contributed by atoms with E-state index in [9.17, 15) is 0 Å². The number of aromatic nitrogens is 1. The average molecular weight is 230 g/mol. The molecule has 0 aromatic carbocycles. The van der Waals surface area contributed by atoms with Gasteiger partial charge in [0.05, 0.1) is 0 Å². The Morgan fingerprint density at radius 1 is 1.12 bits per heavy atom. The molecule has 0 radical (unpaired) electrons. The normalized spacial score (nSPS) is 15.6. The molecule has 4 heteroatoms. The topological polar surface area (TPSA) is 31.7 Å². The SMILES string of the molecule is C=C1N(C)C(C)=NN1c1nc(C)c(C)cc1C. The number of pyridine rings is 1. The van der Waals surface area contributed by atoms with Crippen molar-refractivity contribution in [1.82, 2.24) is 9.88 Å². The van der Waals surface area contributed by atoms with Crippen LogP contribution in [0.4, 0.5) is 5.82 Å². The molecule has 0 saturated carbocycles. The van der Waals surface area contributed by atoms with Crippen LogP contribution in [0.15, 0.2) is 23.6 Å². The quantitative estimate of drug-likeness (QED) is 0.743. The molecule has 0 saturated heterocycles. The van der Waals surface area contributed by atoms with Gasteiger partial charge in [-0.2, -0.15) is 10.1 Å². The average Bonchev–Trinajstić information content (AvgIpc) is 2.51. The summed E-state index contributed by atoms with van der Waals surface area (Å²) in [4.78, 5) is 6.56. The number of amidine groups is 1. The lowest BCUT2D eigenvalue weighted by molar-refractivity contribution is 0.635. The van der Waals surface area contributed by atoms with E-state index in [0.717, 1.165) is 28.7 Å². The van der Waals surface area contributed by atoms with Gasteiger partial charge in [0.15, 0.2) is 5.82 Å². The lowest BCUT2D eigenvalue weighted by atomic mass is 10.1. The van der Waals surface area contributed by atoms with Gasteiger partial charge in [0.2, 0.25) is 0 Å². The van der Waals surface area contributed by atoms with E-state index in [0.29, 0.717) is 0 Å². The highest BCUT2D eigenvalue weighted by molar-refractivity contribution is 5.86. The van der Waals surface area contributed by atoms with Crippen LogP contribution in [0.25, 0.3) is 0 Å². The zero-order chi connectivity index (χ0) is 12.7. The molecule has 1 aromatic heterocycles. The van der Waals surface area contributed by atoms with Crippen LogP contribution in [0.1, 0.15) is 23.7 Å². The second-order valence-electron chi connectivity index (χ2n) is 4.47. The molecule has 2 heterocycles. The van der Waals surface area contributed by atoms with Crippen molar-refractivity contribution in [2.45, 2.75) is 27.7 Å². The standard InChI is InChI=1S/C13H18N4/c1-8-7-9(2)13(14-10(8)3)17-12(5)16(6)11(4)15-17/h7H,5H2,1-4,6H3. The third kappa shape index (κ3) is 1.79. The summed E-state index contributed by atoms with van der Waals surface area (Å²) >= 11 is 0. The number of rotatable bonds is 1. The van der Waals surface area contributed by atoms with Crippen LogP contribution in [-0.2, 0) is 0 Å². The first-order chi connectivity index (χ1) is 7.91. The zero-order valence-electron chi connectivity index (χ0n) is 11.1. The molecule has 90 valence electrons. The predicted molar refractivity (Wildman–Crippen MR) is 70.9 cm³/mol. The summed E-state index contributed by atoms with van der Waals surface area (Å²) in [6, 6.07) is 2.13. The fourth-order valence-electron chi connectivity index (χ4n) is 1.81. The Morgan fingerprint density at radius 3 is 2.29 bits per heavy atom. The van der Waals surface area contributed by atoms with Crippen LogP contribution < -0.4 is 5.01 Å². The summed E-state index contributed by atoms with van der Waals surface area (Å²) in [6.45, 7) is 12.1. The highest BCUT2D eigenvalue weighted by atomic mass is 15.6. The summed E-state index contributed by atoms with van der Waals surface area (Å²) in [5.41, 5.74) is 3.34. The maximum Gasteiger partial charge on any atom is 0.158 e. The van der Waals surface area contributed by atoms with Crippen LogP contribution in [0.3, 0.4) is 0 Å². The van der Waals surface area contributed by atoms with Crippen molar-refractivity contribution in [3.63, 3.8) is 0 Å². The molecule has 0 unspecified atom stereocenters. The first-order valence-corrected chi connectivity index (χ1v) is 5.64. The summed E-state index contributed by atoms with van der Waals surface area (Å²) in [5.74, 6) is 2.62. The largest absolute Gasteiger partial charge is 0.317 e. The molecule has 0 aliphatic carbocycles. The first-order valence-electron chi connectivity index (χ1n) is 5.64. The Kier molecular flexibility index (Phi) is 2.65. The van der Waals surface area contributed by atoms with Gasteiger partial charge in [-0.25, -0.2) is 4.98 Å². The lowest BCUT2D eigenvalue weighted by Gasteiger charge is -2.20. The van der Waals surface area contributed by atoms with Gasteiger partial charge in [-0.05, 0) is 38.8 Å². The molecule has 0 bridgehead atoms. The van der Waals surface area contributed by atoms with E-state index in [-0.39, 0.29) is 0 Å². The van der Waals surface area contributed by atoms with Crippen molar-refractivity contribution in [1.29, 1.82) is 0 Å². The maximum atomic E-state index is 4.60. The zero-order valence-corrected chi connectivity index (χ0v) is 11.1. The molecule has 0 amide bonds. The number of aryl methyl sites for hydroxylation is 3. The van der Waals surface area contributed by atoms with Crippen LogP contribution >= 0.6 is 0 Å². The summed E-state index contributed by atoms with van der Waals surface area (Å²) < 4.78 is 0. The van der Waals surface area contributed by atoms with Gasteiger partial charge in [-0.1, -0.05) is 12.6 Å². The minimum atomic E-state index is 0.835. The number of hydrogen-bond donors (Lipinski definition) is 0. The Hall–Kier alpha value is -1.84. The van der Waals surface area contributed by atoms with E-state index in [4.69, 9.17) is 0 Å². The second-order valence-corrected chi connectivity index (χ2v) is 4.47. The molecule has 0 N–H and O–H groups in total. The molecular weight excluding hydrogens is 212 g/mol. The van der Waals surface area contributed by atoms with Gasteiger partial charge >= 0.3 is 0 Å². The van der Waals surface area contributed by atoms with E-state index in [1.54, 1.807) is 5.01 Å². The van der Waals surface area contributed by atoms with E-state index < -0.39 is 0 Å². The molecule has 17 heavy (non-hydrogen) atoms. The summed E-state index contributed by atoms with van der Waals surface area (Å²) in [7, 11) is 1.96. The third-order valence-corrected chi connectivity index (χ3v) is 3.19. The third-order valence-electron chi connectivity index (χ3n) is 3.19. The van der Waals surface area contributed by atoms with Crippen LogP contribution in [0, 0.1) is 20.8 Å². The highest BCUT2D eigenvalue weighted by Gasteiger charge is 2.25. The van der Waals surface area contributed by atoms with Crippen LogP contribution in [-0.4, -0.2) is 22.8 Å². The van der Waals surface area contributed by atoms with E-state index >= 15 is 0 Å². The Balaban J connectivity index is 2.49. The van der Waals surface area contributed by atoms with Crippen molar-refractivity contribution in [2.75, 3.05) is 12.1 Å². The highest BCUT2D eigenvalue weighted by Crippen LogP contribution is 2.27. The van der Waals surface area contributed by atoms with Crippen molar-refractivity contribution >= 4 is 11.7 Å². The molecule has 0 spiro atoms. The lowest BCUT2D eigenvalue weighted by Crippen LogP contribution is -2.23. The minimum Gasteiger partial charge on any atom is -0.317 e. The van der Waals surface area contributed by atoms with Crippen LogP contribution in [0.2, 0.25) is 0 Å². The smallest absolute Gasteiger partial charge is 0.158 e. The van der Waals surface area contributed by atoms with Gasteiger partial charge in [0, 0.05) is 12.7 Å². The van der Waals surface area contributed by atoms with Gasteiger partial charge in [-0.3, -0.25) is 0 Å². The van der Waals surface area contributed by atoms with Gasteiger partial charge in [-0.15, -0.1) is 0 Å². The molecule has 4 nitrogen and oxygen atoms in total. The molecule has 1 aliphatic heterocycles. The fourth-order valence-corrected chi connectivity index (χ4v) is 1.81. The van der Waals surface area contributed by atoms with E-state index in [1.165, 1.54) is 5.56 Å². The van der Waals surface area contributed by atoms with Crippen LogP contribution in [0.5, 0.6) is 0 Å². The Labute approximate surface area is 102 Å². The molecule has 2 rings (SSSR count). The molecule has 0 atom stereocenters. The first kappa shape index (κ1) is 11.6. The number of anilines is 1. The Bertz CT molecular complexity index is 516. The molecule has 1 aliphatic rings. The van der Waals surface area contributed by atoms with Crippen molar-refractivity contribution < 1.29 is 0 Å². The van der Waals surface area contributed by atoms with Crippen molar-refractivity contribution in [2.24, 2.45) is 5.10 Å². The minimum absolute atomic E-state index is 0.835. The van der Waals surface area contributed by atoms with Gasteiger partial charge in [0.1, 0.15) is 11.7 Å². The maximum absolute atomic E-state index is 4.60. The van der Waals surface area contributed by atoms with Gasteiger partial charge in [0.25, 0.3) is 0 Å². The van der Waals surface area contributed by atoms with E-state index in [2.05, 4.69) is 29.7 Å². The summed E-state index contributed by atoms with van der Waals surface area (Å²) in [5, 5.41) is 6.27.